The van der Waals surface area contributed by atoms with E-state index >= 15 is 0 Å². The van der Waals surface area contributed by atoms with Gasteiger partial charge in [-0.1, -0.05) is 6.07 Å². The average Bonchev–Trinajstić information content (AvgIpc) is 2.78. The van der Waals surface area contributed by atoms with Crippen molar-refractivity contribution in [3.05, 3.63) is 41.0 Å². The molecule has 0 aliphatic carbocycles. The Morgan fingerprint density at radius 3 is 2.89 bits per heavy atom. The van der Waals surface area contributed by atoms with Crippen LogP contribution in [0.25, 0.3) is 12.0 Å². The summed E-state index contributed by atoms with van der Waals surface area (Å²) in [5, 5.41) is 7.22. The van der Waals surface area contributed by atoms with Crippen LogP contribution in [-0.4, -0.2) is 37.9 Å². The van der Waals surface area contributed by atoms with Crippen molar-refractivity contribution in [1.29, 1.82) is 0 Å². The van der Waals surface area contributed by atoms with Gasteiger partial charge in [0, 0.05) is 18.5 Å². The van der Waals surface area contributed by atoms with E-state index in [1.54, 1.807) is 18.2 Å². The van der Waals surface area contributed by atoms with E-state index in [4.69, 9.17) is 0 Å². The Hall–Kier alpha value is -2.77. The summed E-state index contributed by atoms with van der Waals surface area (Å²) >= 11 is 0. The van der Waals surface area contributed by atoms with Crippen molar-refractivity contribution in [2.45, 2.75) is 0 Å². The highest BCUT2D eigenvalue weighted by atomic mass is 16.5. The smallest absolute Gasteiger partial charge is 0.374 e. The fourth-order valence-electron chi connectivity index (χ4n) is 1.17. The van der Waals surface area contributed by atoms with Gasteiger partial charge in [0.05, 0.1) is 7.11 Å². The molecule has 18 heavy (non-hydrogen) atoms. The van der Waals surface area contributed by atoms with Crippen LogP contribution in [0.4, 0.5) is 0 Å². The van der Waals surface area contributed by atoms with Gasteiger partial charge >= 0.3 is 11.7 Å². The largest absolute Gasteiger partial charge is 0.466 e. The summed E-state index contributed by atoms with van der Waals surface area (Å²) in [5.41, 5.74) is -0.533. The SMILES string of the molecule is COC(=O)/C=C/n1nnn(-c2ccccn2)c1=O. The fourth-order valence-corrected chi connectivity index (χ4v) is 1.17. The number of aromatic nitrogens is 5. The summed E-state index contributed by atoms with van der Waals surface area (Å²) in [4.78, 5) is 26.7. The first kappa shape index (κ1) is 11.7. The van der Waals surface area contributed by atoms with E-state index in [-0.39, 0.29) is 0 Å². The fraction of sp³-hybridized carbons (Fsp3) is 0.100. The standard InChI is InChI=1S/C10H9N5O3/c1-18-9(16)5-7-14-10(17)15(13-12-14)8-4-2-3-6-11-8/h2-7H,1H3/b7-5+. The first-order chi connectivity index (χ1) is 8.72. The average molecular weight is 247 g/mol. The van der Waals surface area contributed by atoms with Crippen LogP contribution in [0.2, 0.25) is 0 Å². The number of nitrogens with zero attached hydrogens (tertiary/aromatic N) is 5. The summed E-state index contributed by atoms with van der Waals surface area (Å²) in [6, 6.07) is 5.05. The molecular weight excluding hydrogens is 238 g/mol. The Morgan fingerprint density at radius 1 is 1.39 bits per heavy atom. The van der Waals surface area contributed by atoms with Gasteiger partial charge in [0.1, 0.15) is 0 Å². The molecule has 2 heterocycles. The van der Waals surface area contributed by atoms with E-state index in [1.807, 2.05) is 0 Å². The quantitative estimate of drug-likeness (QED) is 0.534. The molecule has 0 amide bonds. The van der Waals surface area contributed by atoms with Crippen LogP contribution in [0.15, 0.2) is 35.3 Å². The van der Waals surface area contributed by atoms with Crippen LogP contribution >= 0.6 is 0 Å². The molecule has 0 unspecified atom stereocenters. The Morgan fingerprint density at radius 2 is 2.22 bits per heavy atom. The lowest BCUT2D eigenvalue weighted by Gasteiger charge is -1.94. The third-order valence-electron chi connectivity index (χ3n) is 2.02. The van der Waals surface area contributed by atoms with Gasteiger partial charge in [-0.3, -0.25) is 0 Å². The molecule has 0 fully saturated rings. The van der Waals surface area contributed by atoms with Gasteiger partial charge in [-0.05, 0) is 22.6 Å². The number of tetrazole rings is 1. The lowest BCUT2D eigenvalue weighted by molar-refractivity contribution is -0.134. The second kappa shape index (κ2) is 5.04. The van der Waals surface area contributed by atoms with Gasteiger partial charge < -0.3 is 4.74 Å². The predicted molar refractivity (Wildman–Crippen MR) is 60.8 cm³/mol. The number of carbonyl (C=O) groups excluding carboxylic acids is 1. The minimum absolute atomic E-state index is 0.347. The Balaban J connectivity index is 2.33. The van der Waals surface area contributed by atoms with E-state index < -0.39 is 11.7 Å². The molecule has 0 aliphatic heterocycles. The summed E-state index contributed by atoms with van der Waals surface area (Å²) in [6.07, 6.45) is 3.77. The maximum absolute atomic E-state index is 11.8. The maximum atomic E-state index is 11.8. The van der Waals surface area contributed by atoms with Crippen molar-refractivity contribution in [3.8, 4) is 5.82 Å². The van der Waals surface area contributed by atoms with E-state index in [1.165, 1.54) is 19.5 Å². The van der Waals surface area contributed by atoms with E-state index in [9.17, 15) is 9.59 Å². The zero-order chi connectivity index (χ0) is 13.0. The Bertz CT molecular complexity index is 628. The summed E-state index contributed by atoms with van der Waals surface area (Å²) in [7, 11) is 1.24. The minimum Gasteiger partial charge on any atom is -0.466 e. The van der Waals surface area contributed by atoms with Crippen molar-refractivity contribution in [2.24, 2.45) is 0 Å². The first-order valence-corrected chi connectivity index (χ1v) is 4.94. The highest BCUT2D eigenvalue weighted by Gasteiger charge is 2.07. The van der Waals surface area contributed by atoms with Crippen LogP contribution in [0.1, 0.15) is 0 Å². The maximum Gasteiger partial charge on any atom is 0.374 e. The van der Waals surface area contributed by atoms with Gasteiger partial charge in [0.2, 0.25) is 0 Å². The number of ether oxygens (including phenoxy) is 1. The van der Waals surface area contributed by atoms with Gasteiger partial charge in [0.15, 0.2) is 5.82 Å². The molecule has 0 aliphatic rings. The van der Waals surface area contributed by atoms with Gasteiger partial charge in [-0.2, -0.15) is 4.68 Å². The van der Waals surface area contributed by atoms with Gasteiger partial charge in [0.25, 0.3) is 0 Å². The molecule has 0 bridgehead atoms. The molecule has 8 nitrogen and oxygen atoms in total. The Kier molecular flexibility index (Phi) is 3.28. The lowest BCUT2D eigenvalue weighted by Crippen LogP contribution is -2.22. The molecule has 8 heteroatoms. The number of hydrogen-bond donors (Lipinski definition) is 0. The molecule has 0 spiro atoms. The number of esters is 1. The van der Waals surface area contributed by atoms with E-state index in [2.05, 4.69) is 20.1 Å². The number of pyridine rings is 1. The molecule has 92 valence electrons. The lowest BCUT2D eigenvalue weighted by atomic mass is 10.5. The molecule has 0 radical (unpaired) electrons. The second-order valence-electron chi connectivity index (χ2n) is 3.14. The molecule has 0 saturated carbocycles. The molecule has 0 saturated heterocycles. The van der Waals surface area contributed by atoms with Crippen LogP contribution in [0.3, 0.4) is 0 Å². The van der Waals surface area contributed by atoms with Gasteiger partial charge in [-0.25, -0.2) is 14.6 Å². The zero-order valence-electron chi connectivity index (χ0n) is 9.42. The highest BCUT2D eigenvalue weighted by Crippen LogP contribution is 1.95. The summed E-state index contributed by atoms with van der Waals surface area (Å²) < 4.78 is 6.32. The van der Waals surface area contributed by atoms with Crippen molar-refractivity contribution < 1.29 is 9.53 Å². The summed E-state index contributed by atoms with van der Waals surface area (Å²) in [5.74, 6) is -0.241. The van der Waals surface area contributed by atoms with E-state index in [0.29, 0.717) is 5.82 Å². The third kappa shape index (κ3) is 2.32. The summed E-state index contributed by atoms with van der Waals surface area (Å²) in [6.45, 7) is 0. The first-order valence-electron chi connectivity index (χ1n) is 4.94. The molecule has 2 rings (SSSR count). The molecule has 2 aromatic rings. The van der Waals surface area contributed by atoms with Crippen molar-refractivity contribution in [2.75, 3.05) is 7.11 Å². The minimum atomic E-state index is -0.589. The topological polar surface area (TPSA) is 91.9 Å². The molecule has 0 aromatic carbocycles. The molecule has 0 N–H and O–H groups in total. The second-order valence-corrected chi connectivity index (χ2v) is 3.14. The predicted octanol–water partition coefficient (Wildman–Crippen LogP) is -0.532. The monoisotopic (exact) mass is 247 g/mol. The van der Waals surface area contributed by atoms with Crippen LogP contribution in [0, 0.1) is 0 Å². The number of rotatable bonds is 3. The normalized spacial score (nSPS) is 10.7. The third-order valence-corrected chi connectivity index (χ3v) is 2.02. The van der Waals surface area contributed by atoms with Crippen LogP contribution in [-0.2, 0) is 9.53 Å². The van der Waals surface area contributed by atoms with Crippen LogP contribution in [0.5, 0.6) is 0 Å². The Labute approximate surface area is 101 Å². The number of hydrogen-bond acceptors (Lipinski definition) is 6. The molecule has 0 atom stereocenters. The van der Waals surface area contributed by atoms with Crippen molar-refractivity contribution in [1.82, 2.24) is 24.8 Å². The zero-order valence-corrected chi connectivity index (χ0v) is 9.42. The molecular formula is C10H9N5O3. The highest BCUT2D eigenvalue weighted by molar-refractivity contribution is 5.84. The number of methoxy groups -OCH3 is 1. The van der Waals surface area contributed by atoms with Crippen molar-refractivity contribution in [3.63, 3.8) is 0 Å². The number of carbonyl (C=O) groups is 1. The van der Waals surface area contributed by atoms with Crippen LogP contribution < -0.4 is 5.69 Å². The molecule has 2 aromatic heterocycles. The van der Waals surface area contributed by atoms with E-state index in [0.717, 1.165) is 15.4 Å². The van der Waals surface area contributed by atoms with Crippen molar-refractivity contribution >= 4 is 12.2 Å². The van der Waals surface area contributed by atoms with Gasteiger partial charge in [-0.15, -0.1) is 4.68 Å².